The monoisotopic (exact) mass is 388 g/mol. The van der Waals surface area contributed by atoms with Gasteiger partial charge in [-0.05, 0) is 36.4 Å². The highest BCUT2D eigenvalue weighted by molar-refractivity contribution is 5.95. The van der Waals surface area contributed by atoms with Crippen LogP contribution in [-0.4, -0.2) is 25.5 Å². The highest BCUT2D eigenvalue weighted by Crippen LogP contribution is 2.30. The Hall–Kier alpha value is -3.80. The van der Waals surface area contributed by atoms with E-state index in [9.17, 15) is 9.59 Å². The molecule has 3 aromatic rings. The zero-order valence-corrected chi connectivity index (χ0v) is 16.3. The van der Waals surface area contributed by atoms with Crippen molar-refractivity contribution in [2.24, 2.45) is 0 Å². The van der Waals surface area contributed by atoms with Crippen molar-refractivity contribution in [2.45, 2.75) is 6.42 Å². The minimum atomic E-state index is -0.340. The van der Waals surface area contributed by atoms with E-state index in [1.54, 1.807) is 12.1 Å². The van der Waals surface area contributed by atoms with Gasteiger partial charge in [0.2, 0.25) is 5.91 Å². The summed E-state index contributed by atoms with van der Waals surface area (Å²) < 4.78 is 0. The molecule has 3 rings (SSSR count). The number of urea groups is 1. The maximum absolute atomic E-state index is 12.4. The van der Waals surface area contributed by atoms with Crippen LogP contribution in [0.3, 0.4) is 0 Å². The van der Waals surface area contributed by atoms with Crippen molar-refractivity contribution in [3.8, 4) is 0 Å². The second-order valence-electron chi connectivity index (χ2n) is 6.46. The Kier molecular flexibility index (Phi) is 6.84. The smallest absolute Gasteiger partial charge is 0.319 e. The molecule has 0 heterocycles. The largest absolute Gasteiger partial charge is 0.343 e. The molecule has 0 saturated heterocycles. The average Bonchev–Trinajstić information content (AvgIpc) is 2.75. The molecule has 6 nitrogen and oxygen atoms in total. The van der Waals surface area contributed by atoms with E-state index in [4.69, 9.17) is 0 Å². The summed E-state index contributed by atoms with van der Waals surface area (Å²) in [6, 6.07) is 26.4. The molecule has 3 N–H and O–H groups in total. The molecule has 3 amide bonds. The van der Waals surface area contributed by atoms with E-state index in [1.807, 2.05) is 84.7 Å². The number of hydrogen-bond donors (Lipinski definition) is 3. The molecule has 3 aromatic carbocycles. The van der Waals surface area contributed by atoms with E-state index in [-0.39, 0.29) is 24.9 Å². The third-order valence-electron chi connectivity index (χ3n) is 4.35. The second-order valence-corrected chi connectivity index (χ2v) is 6.46. The normalized spacial score (nSPS) is 10.1. The van der Waals surface area contributed by atoms with E-state index in [0.29, 0.717) is 5.69 Å². The fraction of sp³-hybridized carbons (Fsp3) is 0.130. The molecular formula is C23H24N4O2. The summed E-state index contributed by atoms with van der Waals surface area (Å²) in [7, 11) is 1.95. The van der Waals surface area contributed by atoms with Gasteiger partial charge < -0.3 is 20.9 Å². The Morgan fingerprint density at radius 3 is 2.14 bits per heavy atom. The van der Waals surface area contributed by atoms with Gasteiger partial charge in [-0.15, -0.1) is 0 Å². The molecule has 0 saturated carbocycles. The molecule has 0 fully saturated rings. The summed E-state index contributed by atoms with van der Waals surface area (Å²) in [5.74, 6) is -0.168. The molecule has 0 unspecified atom stereocenters. The lowest BCUT2D eigenvalue weighted by Crippen LogP contribution is -2.31. The van der Waals surface area contributed by atoms with E-state index < -0.39 is 0 Å². The van der Waals surface area contributed by atoms with Crippen molar-refractivity contribution in [3.63, 3.8) is 0 Å². The first-order chi connectivity index (χ1) is 14.1. The van der Waals surface area contributed by atoms with Crippen LogP contribution in [0.2, 0.25) is 0 Å². The maximum Gasteiger partial charge on any atom is 0.319 e. The Morgan fingerprint density at radius 1 is 0.793 bits per heavy atom. The molecule has 0 atom stereocenters. The minimum absolute atomic E-state index is 0.168. The van der Waals surface area contributed by atoms with Crippen LogP contribution in [0.25, 0.3) is 0 Å². The second kappa shape index (κ2) is 9.94. The van der Waals surface area contributed by atoms with Gasteiger partial charge >= 0.3 is 6.03 Å². The van der Waals surface area contributed by atoms with Crippen LogP contribution in [0, 0.1) is 0 Å². The van der Waals surface area contributed by atoms with Crippen molar-refractivity contribution in [1.82, 2.24) is 5.32 Å². The first-order valence-corrected chi connectivity index (χ1v) is 9.41. The minimum Gasteiger partial charge on any atom is -0.343 e. The first kappa shape index (κ1) is 19.9. The summed E-state index contributed by atoms with van der Waals surface area (Å²) >= 11 is 0. The van der Waals surface area contributed by atoms with Gasteiger partial charge in [0.05, 0.1) is 11.4 Å². The van der Waals surface area contributed by atoms with Crippen molar-refractivity contribution < 1.29 is 9.59 Å². The van der Waals surface area contributed by atoms with Gasteiger partial charge in [-0.2, -0.15) is 0 Å². The standard InChI is InChI=1S/C23H24N4O2/c1-27(19-12-6-3-7-13-19)21-15-9-8-14-20(21)26-22(28)16-17-24-23(29)25-18-10-4-2-5-11-18/h2-15H,16-17H2,1H3,(H,26,28)(H2,24,25,29). The fourth-order valence-electron chi connectivity index (χ4n) is 2.86. The van der Waals surface area contributed by atoms with Gasteiger partial charge in [0.15, 0.2) is 0 Å². The molecule has 6 heteroatoms. The van der Waals surface area contributed by atoms with Gasteiger partial charge in [0.25, 0.3) is 0 Å². The van der Waals surface area contributed by atoms with Crippen LogP contribution in [0.4, 0.5) is 27.5 Å². The maximum atomic E-state index is 12.4. The number of nitrogens with zero attached hydrogens (tertiary/aromatic N) is 1. The van der Waals surface area contributed by atoms with Crippen molar-refractivity contribution in [3.05, 3.63) is 84.9 Å². The molecule has 0 aliphatic rings. The van der Waals surface area contributed by atoms with Crippen molar-refractivity contribution in [2.75, 3.05) is 29.1 Å². The van der Waals surface area contributed by atoms with Gasteiger partial charge in [-0.3, -0.25) is 4.79 Å². The molecule has 0 bridgehead atoms. The number of rotatable bonds is 7. The predicted octanol–water partition coefficient (Wildman–Crippen LogP) is 4.60. The summed E-state index contributed by atoms with van der Waals surface area (Å²) in [6.45, 7) is 0.237. The molecular weight excluding hydrogens is 364 g/mol. The quantitative estimate of drug-likeness (QED) is 0.554. The Bertz CT molecular complexity index is 945. The van der Waals surface area contributed by atoms with E-state index in [0.717, 1.165) is 17.1 Å². The highest BCUT2D eigenvalue weighted by Gasteiger charge is 2.11. The number of carbonyl (C=O) groups excluding carboxylic acids is 2. The molecule has 0 aliphatic carbocycles. The van der Waals surface area contributed by atoms with Gasteiger partial charge in [0.1, 0.15) is 0 Å². The number of nitrogens with one attached hydrogen (secondary N) is 3. The Balaban J connectivity index is 1.52. The average molecular weight is 388 g/mol. The lowest BCUT2D eigenvalue weighted by atomic mass is 10.2. The van der Waals surface area contributed by atoms with Gasteiger partial charge in [-0.1, -0.05) is 48.5 Å². The van der Waals surface area contributed by atoms with Crippen LogP contribution in [0.15, 0.2) is 84.9 Å². The summed E-state index contributed by atoms with van der Waals surface area (Å²) in [5, 5.41) is 8.34. The number of hydrogen-bond acceptors (Lipinski definition) is 3. The summed E-state index contributed by atoms with van der Waals surface area (Å²) in [6.07, 6.45) is 0.172. The van der Waals surface area contributed by atoms with Gasteiger partial charge in [0, 0.05) is 31.4 Å². The first-order valence-electron chi connectivity index (χ1n) is 9.41. The summed E-state index contributed by atoms with van der Waals surface area (Å²) in [5.41, 5.74) is 3.33. The molecule has 0 aromatic heterocycles. The summed E-state index contributed by atoms with van der Waals surface area (Å²) in [4.78, 5) is 26.3. The number of anilines is 4. The van der Waals surface area contributed by atoms with Crippen LogP contribution in [0.1, 0.15) is 6.42 Å². The zero-order chi connectivity index (χ0) is 20.5. The SMILES string of the molecule is CN(c1ccccc1)c1ccccc1NC(=O)CCNC(=O)Nc1ccccc1. The highest BCUT2D eigenvalue weighted by atomic mass is 16.2. The molecule has 29 heavy (non-hydrogen) atoms. The molecule has 148 valence electrons. The molecule has 0 spiro atoms. The van der Waals surface area contributed by atoms with Gasteiger partial charge in [-0.25, -0.2) is 4.79 Å². The third-order valence-corrected chi connectivity index (χ3v) is 4.35. The van der Waals surface area contributed by atoms with E-state index >= 15 is 0 Å². The fourth-order valence-corrected chi connectivity index (χ4v) is 2.86. The van der Waals surface area contributed by atoms with Crippen LogP contribution < -0.4 is 20.9 Å². The predicted molar refractivity (Wildman–Crippen MR) is 118 cm³/mol. The molecule has 0 radical (unpaired) electrons. The Morgan fingerprint density at radius 2 is 1.41 bits per heavy atom. The van der Waals surface area contributed by atoms with E-state index in [1.165, 1.54) is 0 Å². The van der Waals surface area contributed by atoms with Crippen molar-refractivity contribution >= 4 is 34.7 Å². The van der Waals surface area contributed by atoms with Crippen LogP contribution in [-0.2, 0) is 4.79 Å². The van der Waals surface area contributed by atoms with Crippen LogP contribution >= 0.6 is 0 Å². The number of amides is 3. The lowest BCUT2D eigenvalue weighted by molar-refractivity contribution is -0.116. The van der Waals surface area contributed by atoms with Crippen LogP contribution in [0.5, 0.6) is 0 Å². The lowest BCUT2D eigenvalue weighted by Gasteiger charge is -2.22. The number of carbonyl (C=O) groups is 2. The van der Waals surface area contributed by atoms with E-state index in [2.05, 4.69) is 16.0 Å². The van der Waals surface area contributed by atoms with Crippen molar-refractivity contribution in [1.29, 1.82) is 0 Å². The Labute approximate surface area is 170 Å². The topological polar surface area (TPSA) is 73.5 Å². The molecule has 0 aliphatic heterocycles. The third kappa shape index (κ3) is 5.84. The zero-order valence-electron chi connectivity index (χ0n) is 16.3. The number of para-hydroxylation sites is 4. The number of benzene rings is 3.